The molecular weight excluding hydrogens is 286 g/mol. The molecule has 2 rings (SSSR count). The van der Waals surface area contributed by atoms with Crippen LogP contribution >= 0.6 is 0 Å². The summed E-state index contributed by atoms with van der Waals surface area (Å²) in [7, 11) is 1.52. The first-order chi connectivity index (χ1) is 10.6. The van der Waals surface area contributed by atoms with Gasteiger partial charge in [-0.2, -0.15) is 0 Å². The van der Waals surface area contributed by atoms with Crippen LogP contribution in [0.5, 0.6) is 0 Å². The van der Waals surface area contributed by atoms with Gasteiger partial charge in [-0.3, -0.25) is 9.59 Å². The van der Waals surface area contributed by atoms with Crippen molar-refractivity contribution in [1.29, 1.82) is 0 Å². The van der Waals surface area contributed by atoms with E-state index in [4.69, 9.17) is 14.6 Å². The molecule has 0 fully saturated rings. The van der Waals surface area contributed by atoms with Crippen LogP contribution in [-0.4, -0.2) is 55.3 Å². The highest BCUT2D eigenvalue weighted by atomic mass is 16.5. The lowest BCUT2D eigenvalue weighted by Crippen LogP contribution is -2.39. The monoisotopic (exact) mass is 307 g/mol. The Morgan fingerprint density at radius 3 is 2.91 bits per heavy atom. The second-order valence-corrected chi connectivity index (χ2v) is 5.21. The number of fused-ring (bicyclic) bond motifs is 1. The number of nitrogens with zero attached hydrogens (tertiary/aromatic N) is 1. The molecule has 0 saturated carbocycles. The Kier molecular flexibility index (Phi) is 5.91. The van der Waals surface area contributed by atoms with Crippen molar-refractivity contribution in [2.75, 3.05) is 33.4 Å². The van der Waals surface area contributed by atoms with Crippen LogP contribution in [0.1, 0.15) is 23.7 Å². The van der Waals surface area contributed by atoms with Crippen LogP contribution in [0.3, 0.4) is 0 Å². The fourth-order valence-electron chi connectivity index (χ4n) is 2.59. The summed E-state index contributed by atoms with van der Waals surface area (Å²) in [6.45, 7) is 0.819. The van der Waals surface area contributed by atoms with Crippen molar-refractivity contribution in [3.05, 3.63) is 35.4 Å². The van der Waals surface area contributed by atoms with Crippen LogP contribution in [0.2, 0.25) is 0 Å². The molecule has 0 aliphatic carbocycles. The second kappa shape index (κ2) is 7.91. The normalized spacial score (nSPS) is 16.9. The van der Waals surface area contributed by atoms with Crippen molar-refractivity contribution in [1.82, 2.24) is 4.90 Å². The zero-order chi connectivity index (χ0) is 15.9. The summed E-state index contributed by atoms with van der Waals surface area (Å²) < 4.78 is 10.6. The summed E-state index contributed by atoms with van der Waals surface area (Å²) in [6, 6.07) is 7.89. The summed E-state index contributed by atoms with van der Waals surface area (Å²) in [4.78, 5) is 24.6. The van der Waals surface area contributed by atoms with Crippen LogP contribution in [0.25, 0.3) is 0 Å². The third kappa shape index (κ3) is 4.29. The number of methoxy groups -OCH3 is 1. The smallest absolute Gasteiger partial charge is 0.323 e. The third-order valence-corrected chi connectivity index (χ3v) is 3.70. The fourth-order valence-corrected chi connectivity index (χ4v) is 2.59. The van der Waals surface area contributed by atoms with E-state index in [1.165, 1.54) is 17.6 Å². The maximum atomic E-state index is 12.4. The SMILES string of the molecule is COCCN(CC(=O)O)C(=O)CC1OCCc2ccccc21. The molecule has 6 heteroatoms. The first kappa shape index (κ1) is 16.5. The summed E-state index contributed by atoms with van der Waals surface area (Å²) in [5.41, 5.74) is 2.21. The van der Waals surface area contributed by atoms with Crippen LogP contribution in [-0.2, 0) is 25.5 Å². The highest BCUT2D eigenvalue weighted by Gasteiger charge is 2.26. The average molecular weight is 307 g/mol. The van der Waals surface area contributed by atoms with Crippen molar-refractivity contribution in [2.24, 2.45) is 0 Å². The zero-order valence-electron chi connectivity index (χ0n) is 12.7. The quantitative estimate of drug-likeness (QED) is 0.820. The molecule has 1 unspecified atom stereocenters. The lowest BCUT2D eigenvalue weighted by atomic mass is 9.95. The van der Waals surface area contributed by atoms with E-state index in [0.29, 0.717) is 13.2 Å². The van der Waals surface area contributed by atoms with Crippen LogP contribution in [0.15, 0.2) is 24.3 Å². The van der Waals surface area contributed by atoms with Gasteiger partial charge in [0.2, 0.25) is 5.91 Å². The maximum absolute atomic E-state index is 12.4. The Balaban J connectivity index is 2.05. The molecular formula is C16H21NO5. The van der Waals surface area contributed by atoms with Gasteiger partial charge in [0.25, 0.3) is 0 Å². The van der Waals surface area contributed by atoms with Crippen LogP contribution in [0.4, 0.5) is 0 Å². The topological polar surface area (TPSA) is 76.1 Å². The summed E-state index contributed by atoms with van der Waals surface area (Å²) in [6.07, 6.45) is 0.675. The molecule has 1 N–H and O–H groups in total. The number of carbonyl (C=O) groups is 2. The minimum absolute atomic E-state index is 0.147. The fraction of sp³-hybridized carbons (Fsp3) is 0.500. The van der Waals surface area contributed by atoms with Gasteiger partial charge in [0, 0.05) is 13.7 Å². The number of amides is 1. The Labute approximate surface area is 129 Å². The molecule has 0 radical (unpaired) electrons. The van der Waals surface area contributed by atoms with E-state index in [9.17, 15) is 9.59 Å². The maximum Gasteiger partial charge on any atom is 0.323 e. The second-order valence-electron chi connectivity index (χ2n) is 5.21. The van der Waals surface area contributed by atoms with Gasteiger partial charge in [-0.05, 0) is 17.5 Å². The van der Waals surface area contributed by atoms with Crippen LogP contribution < -0.4 is 0 Å². The van der Waals surface area contributed by atoms with Gasteiger partial charge in [0.05, 0.1) is 25.7 Å². The minimum atomic E-state index is -1.03. The van der Waals surface area contributed by atoms with Gasteiger partial charge in [-0.1, -0.05) is 24.3 Å². The number of ether oxygens (including phenoxy) is 2. The zero-order valence-corrected chi connectivity index (χ0v) is 12.7. The number of benzene rings is 1. The van der Waals surface area contributed by atoms with E-state index in [1.807, 2.05) is 24.3 Å². The lowest BCUT2D eigenvalue weighted by molar-refractivity contribution is -0.146. The number of carbonyl (C=O) groups excluding carboxylic acids is 1. The molecule has 0 spiro atoms. The van der Waals surface area contributed by atoms with Gasteiger partial charge >= 0.3 is 5.97 Å². The van der Waals surface area contributed by atoms with Gasteiger partial charge < -0.3 is 19.5 Å². The highest BCUT2D eigenvalue weighted by molar-refractivity contribution is 5.81. The van der Waals surface area contributed by atoms with E-state index >= 15 is 0 Å². The first-order valence-electron chi connectivity index (χ1n) is 7.29. The van der Waals surface area contributed by atoms with E-state index in [0.717, 1.165) is 12.0 Å². The van der Waals surface area contributed by atoms with Crippen molar-refractivity contribution < 1.29 is 24.2 Å². The predicted octanol–water partition coefficient (Wildman–Crippen LogP) is 1.25. The molecule has 1 atom stereocenters. The summed E-state index contributed by atoms with van der Waals surface area (Å²) in [5.74, 6) is -1.27. The van der Waals surface area contributed by atoms with Gasteiger partial charge in [0.15, 0.2) is 0 Å². The molecule has 1 amide bonds. The van der Waals surface area contributed by atoms with Gasteiger partial charge in [-0.15, -0.1) is 0 Å². The van der Waals surface area contributed by atoms with Gasteiger partial charge in [0.1, 0.15) is 6.54 Å². The molecule has 0 bridgehead atoms. The Bertz CT molecular complexity index is 531. The molecule has 1 aliphatic heterocycles. The molecule has 1 aromatic rings. The van der Waals surface area contributed by atoms with Crippen molar-refractivity contribution in [3.63, 3.8) is 0 Å². The van der Waals surface area contributed by atoms with Crippen molar-refractivity contribution in [2.45, 2.75) is 18.9 Å². The standard InChI is InChI=1S/C16H21NO5/c1-21-9-7-17(11-16(19)20)15(18)10-14-13-5-3-2-4-12(13)6-8-22-14/h2-5,14H,6-11H2,1H3,(H,19,20). The van der Waals surface area contributed by atoms with E-state index in [-0.39, 0.29) is 31.5 Å². The number of carboxylic acids is 1. The van der Waals surface area contributed by atoms with Crippen molar-refractivity contribution >= 4 is 11.9 Å². The van der Waals surface area contributed by atoms with Crippen molar-refractivity contribution in [3.8, 4) is 0 Å². The third-order valence-electron chi connectivity index (χ3n) is 3.70. The number of rotatable bonds is 7. The Morgan fingerprint density at radius 1 is 1.41 bits per heavy atom. The largest absolute Gasteiger partial charge is 0.480 e. The van der Waals surface area contributed by atoms with E-state index in [1.54, 1.807) is 0 Å². The van der Waals surface area contributed by atoms with Crippen LogP contribution in [0, 0.1) is 0 Å². The molecule has 120 valence electrons. The molecule has 0 saturated heterocycles. The van der Waals surface area contributed by atoms with Gasteiger partial charge in [-0.25, -0.2) is 0 Å². The minimum Gasteiger partial charge on any atom is -0.480 e. The molecule has 1 heterocycles. The molecule has 1 aliphatic rings. The molecule has 6 nitrogen and oxygen atoms in total. The molecule has 22 heavy (non-hydrogen) atoms. The highest BCUT2D eigenvalue weighted by Crippen LogP contribution is 2.29. The number of hydrogen-bond donors (Lipinski definition) is 1. The average Bonchev–Trinajstić information content (AvgIpc) is 2.51. The lowest BCUT2D eigenvalue weighted by Gasteiger charge is -2.28. The van der Waals surface area contributed by atoms with E-state index in [2.05, 4.69) is 0 Å². The summed E-state index contributed by atoms with van der Waals surface area (Å²) in [5, 5.41) is 8.93. The van der Waals surface area contributed by atoms with E-state index < -0.39 is 5.97 Å². The molecule has 0 aromatic heterocycles. The molecule has 1 aromatic carbocycles. The number of carboxylic acid groups (broad SMARTS) is 1. The predicted molar refractivity (Wildman–Crippen MR) is 79.5 cm³/mol. The number of aliphatic carboxylic acids is 1. The summed E-state index contributed by atoms with van der Waals surface area (Å²) >= 11 is 0. The Hall–Kier alpha value is -1.92. The first-order valence-corrected chi connectivity index (χ1v) is 7.29. The Morgan fingerprint density at radius 2 is 2.18 bits per heavy atom. The number of hydrogen-bond acceptors (Lipinski definition) is 4.